The Hall–Kier alpha value is -1.02. The number of halogens is 2. The van der Waals surface area contributed by atoms with Gasteiger partial charge >= 0.3 is 0 Å². The van der Waals surface area contributed by atoms with Gasteiger partial charge in [0.15, 0.2) is 5.96 Å². The molecule has 0 bridgehead atoms. The van der Waals surface area contributed by atoms with Crippen LogP contribution in [0.5, 0.6) is 0 Å². The average Bonchev–Trinajstić information content (AvgIpc) is 2.52. The lowest BCUT2D eigenvalue weighted by molar-refractivity contribution is 0.424. The molecule has 25 heavy (non-hydrogen) atoms. The Morgan fingerprint density at radius 2 is 1.96 bits per heavy atom. The molecule has 0 radical (unpaired) electrons. The molecule has 0 aliphatic carbocycles. The summed E-state index contributed by atoms with van der Waals surface area (Å²) in [5.74, 6) is 0.663. The number of sulfonamides is 1. The van der Waals surface area contributed by atoms with Gasteiger partial charge in [0, 0.05) is 36.2 Å². The molecule has 0 aromatic heterocycles. The molecule has 0 aliphatic rings. The van der Waals surface area contributed by atoms with E-state index in [9.17, 15) is 8.42 Å². The van der Waals surface area contributed by atoms with Gasteiger partial charge in [0.1, 0.15) is 0 Å². The van der Waals surface area contributed by atoms with E-state index in [0.717, 1.165) is 12.1 Å². The maximum atomic E-state index is 11.6. The molecule has 142 valence electrons. The molecular formula is C16H26Cl2N4O2S. The highest BCUT2D eigenvalue weighted by Gasteiger charge is 2.13. The van der Waals surface area contributed by atoms with E-state index in [2.05, 4.69) is 15.6 Å². The Labute approximate surface area is 160 Å². The SMILES string of the molecule is CCNC(=NCc1ccc(Cl)cc1Cl)NCCCN(CC)S(C)(=O)=O. The van der Waals surface area contributed by atoms with Crippen molar-refractivity contribution < 1.29 is 8.42 Å². The van der Waals surface area contributed by atoms with Crippen molar-refractivity contribution in [3.05, 3.63) is 33.8 Å². The lowest BCUT2D eigenvalue weighted by Crippen LogP contribution is -2.39. The molecule has 0 aliphatic heterocycles. The predicted octanol–water partition coefficient (Wildman–Crippen LogP) is 2.72. The van der Waals surface area contributed by atoms with E-state index in [0.29, 0.717) is 48.6 Å². The second-order valence-corrected chi connectivity index (χ2v) is 8.29. The maximum Gasteiger partial charge on any atom is 0.211 e. The molecule has 0 amide bonds. The highest BCUT2D eigenvalue weighted by atomic mass is 35.5. The zero-order valence-electron chi connectivity index (χ0n) is 14.8. The Morgan fingerprint density at radius 1 is 1.24 bits per heavy atom. The molecule has 0 saturated carbocycles. The summed E-state index contributed by atoms with van der Waals surface area (Å²) in [7, 11) is -3.15. The van der Waals surface area contributed by atoms with Crippen molar-refractivity contribution >= 4 is 39.2 Å². The van der Waals surface area contributed by atoms with Gasteiger partial charge in [0.25, 0.3) is 0 Å². The van der Waals surface area contributed by atoms with Crippen molar-refractivity contribution in [1.82, 2.24) is 14.9 Å². The van der Waals surface area contributed by atoms with E-state index in [1.807, 2.05) is 19.9 Å². The molecule has 1 rings (SSSR count). The molecule has 2 N–H and O–H groups in total. The molecule has 9 heteroatoms. The number of nitrogens with zero attached hydrogens (tertiary/aromatic N) is 2. The van der Waals surface area contributed by atoms with Crippen molar-refractivity contribution in [3.8, 4) is 0 Å². The van der Waals surface area contributed by atoms with Gasteiger partial charge in [-0.1, -0.05) is 36.2 Å². The number of aliphatic imine (C=N–C) groups is 1. The second-order valence-electron chi connectivity index (χ2n) is 5.47. The van der Waals surface area contributed by atoms with Crippen LogP contribution in [0.15, 0.2) is 23.2 Å². The number of benzene rings is 1. The van der Waals surface area contributed by atoms with Gasteiger partial charge in [-0.05, 0) is 31.0 Å². The van der Waals surface area contributed by atoms with E-state index in [-0.39, 0.29) is 0 Å². The monoisotopic (exact) mass is 408 g/mol. The van der Waals surface area contributed by atoms with Crippen LogP contribution >= 0.6 is 23.2 Å². The van der Waals surface area contributed by atoms with Gasteiger partial charge in [-0.15, -0.1) is 0 Å². The van der Waals surface area contributed by atoms with E-state index in [1.54, 1.807) is 12.1 Å². The summed E-state index contributed by atoms with van der Waals surface area (Å²) in [5.41, 5.74) is 0.887. The topological polar surface area (TPSA) is 73.8 Å². The number of hydrogen-bond donors (Lipinski definition) is 2. The lowest BCUT2D eigenvalue weighted by atomic mass is 10.2. The Morgan fingerprint density at radius 3 is 2.52 bits per heavy atom. The third-order valence-corrected chi connectivity index (χ3v) is 5.43. The summed E-state index contributed by atoms with van der Waals surface area (Å²) in [6.45, 7) is 6.53. The normalized spacial score (nSPS) is 12.5. The molecule has 0 saturated heterocycles. The van der Waals surface area contributed by atoms with Crippen LogP contribution in [0, 0.1) is 0 Å². The Kier molecular flexibility index (Phi) is 9.56. The number of nitrogens with one attached hydrogen (secondary N) is 2. The highest BCUT2D eigenvalue weighted by Crippen LogP contribution is 2.21. The number of rotatable bonds is 9. The van der Waals surface area contributed by atoms with Crippen molar-refractivity contribution in [2.24, 2.45) is 4.99 Å². The predicted molar refractivity (Wildman–Crippen MR) is 106 cm³/mol. The van der Waals surface area contributed by atoms with Crippen LogP contribution in [-0.4, -0.2) is 51.1 Å². The van der Waals surface area contributed by atoms with Crippen LogP contribution in [-0.2, 0) is 16.6 Å². The van der Waals surface area contributed by atoms with Crippen molar-refractivity contribution in [2.75, 3.05) is 32.4 Å². The molecule has 0 spiro atoms. The molecular weight excluding hydrogens is 383 g/mol. The van der Waals surface area contributed by atoms with Crippen LogP contribution in [0.1, 0.15) is 25.8 Å². The van der Waals surface area contributed by atoms with Crippen LogP contribution in [0.25, 0.3) is 0 Å². The maximum absolute atomic E-state index is 11.6. The number of hydrogen-bond acceptors (Lipinski definition) is 3. The number of guanidine groups is 1. The minimum Gasteiger partial charge on any atom is -0.357 e. The van der Waals surface area contributed by atoms with E-state index < -0.39 is 10.0 Å². The lowest BCUT2D eigenvalue weighted by Gasteiger charge is -2.18. The third-order valence-electron chi connectivity index (χ3n) is 3.47. The highest BCUT2D eigenvalue weighted by molar-refractivity contribution is 7.88. The molecule has 0 fully saturated rings. The standard InChI is InChI=1S/C16H26Cl2N4O2S/c1-4-19-16(20-9-6-10-22(5-2)25(3,23)24)21-12-13-7-8-14(17)11-15(13)18/h7-8,11H,4-6,9-10,12H2,1-3H3,(H2,19,20,21). The summed E-state index contributed by atoms with van der Waals surface area (Å²) >= 11 is 12.0. The Bertz CT molecular complexity index is 681. The first-order chi connectivity index (χ1) is 11.8. The smallest absolute Gasteiger partial charge is 0.211 e. The first-order valence-corrected chi connectivity index (χ1v) is 10.8. The summed E-state index contributed by atoms with van der Waals surface area (Å²) < 4.78 is 24.6. The fraction of sp³-hybridized carbons (Fsp3) is 0.562. The van der Waals surface area contributed by atoms with Crippen LogP contribution in [0.3, 0.4) is 0 Å². The summed E-state index contributed by atoms with van der Waals surface area (Å²) in [5, 5.41) is 7.53. The fourth-order valence-corrected chi connectivity index (χ4v) is 3.57. The molecule has 1 aromatic rings. The van der Waals surface area contributed by atoms with Gasteiger partial charge < -0.3 is 10.6 Å². The van der Waals surface area contributed by atoms with Crippen molar-refractivity contribution in [2.45, 2.75) is 26.8 Å². The first-order valence-electron chi connectivity index (χ1n) is 8.19. The van der Waals surface area contributed by atoms with Crippen molar-refractivity contribution in [1.29, 1.82) is 0 Å². The quantitative estimate of drug-likeness (QED) is 0.374. The average molecular weight is 409 g/mol. The molecule has 6 nitrogen and oxygen atoms in total. The van der Waals surface area contributed by atoms with Crippen LogP contribution in [0.2, 0.25) is 10.0 Å². The second kappa shape index (κ2) is 10.9. The third kappa shape index (κ3) is 8.27. The first kappa shape index (κ1) is 22.0. The fourth-order valence-electron chi connectivity index (χ4n) is 2.18. The van der Waals surface area contributed by atoms with Gasteiger partial charge in [0.05, 0.1) is 12.8 Å². The van der Waals surface area contributed by atoms with Gasteiger partial charge in [-0.25, -0.2) is 17.7 Å². The molecule has 0 unspecified atom stereocenters. The van der Waals surface area contributed by atoms with E-state index in [1.165, 1.54) is 10.6 Å². The molecule has 0 atom stereocenters. The Balaban J connectivity index is 2.56. The van der Waals surface area contributed by atoms with Gasteiger partial charge in [-0.3, -0.25) is 0 Å². The molecule has 1 aromatic carbocycles. The summed E-state index contributed by atoms with van der Waals surface area (Å²) in [6.07, 6.45) is 1.92. The minimum absolute atomic E-state index is 0.426. The zero-order valence-corrected chi connectivity index (χ0v) is 17.2. The zero-order chi connectivity index (χ0) is 18.9. The van der Waals surface area contributed by atoms with Gasteiger partial charge in [0.2, 0.25) is 10.0 Å². The van der Waals surface area contributed by atoms with Crippen molar-refractivity contribution in [3.63, 3.8) is 0 Å². The van der Waals surface area contributed by atoms with Gasteiger partial charge in [-0.2, -0.15) is 0 Å². The summed E-state index contributed by atoms with van der Waals surface area (Å²) in [4.78, 5) is 4.49. The minimum atomic E-state index is -3.15. The van der Waals surface area contributed by atoms with Crippen LogP contribution < -0.4 is 10.6 Å². The van der Waals surface area contributed by atoms with Crippen LogP contribution in [0.4, 0.5) is 0 Å². The van der Waals surface area contributed by atoms with E-state index >= 15 is 0 Å². The largest absolute Gasteiger partial charge is 0.357 e. The molecule has 0 heterocycles. The van der Waals surface area contributed by atoms with E-state index in [4.69, 9.17) is 23.2 Å². The summed E-state index contributed by atoms with van der Waals surface area (Å²) in [6, 6.07) is 5.32.